The minimum Gasteiger partial charge on any atom is -0.247 e. The second-order valence-corrected chi connectivity index (χ2v) is 11.1. The highest BCUT2D eigenvalue weighted by Crippen LogP contribution is 2.45. The Morgan fingerprint density at radius 2 is 1.46 bits per heavy atom. The quantitative estimate of drug-likeness (QED) is 0.367. The number of hydrogen-bond donors (Lipinski definition) is 1. The Balaban J connectivity index is 1.75. The van der Waals surface area contributed by atoms with Gasteiger partial charge in [0.25, 0.3) is 10.0 Å². The third kappa shape index (κ3) is 4.23. The molecule has 0 bridgehead atoms. The van der Waals surface area contributed by atoms with Gasteiger partial charge >= 0.3 is 0 Å². The smallest absolute Gasteiger partial charge is 0.247 e. The van der Waals surface area contributed by atoms with E-state index >= 15 is 0 Å². The summed E-state index contributed by atoms with van der Waals surface area (Å²) >= 11 is 0. The summed E-state index contributed by atoms with van der Waals surface area (Å²) in [6, 6.07) is 24.9. The van der Waals surface area contributed by atoms with Crippen molar-refractivity contribution in [1.82, 2.24) is 9.97 Å². The van der Waals surface area contributed by atoms with Crippen molar-refractivity contribution in [2.45, 2.75) is 50.3 Å². The van der Waals surface area contributed by atoms with Crippen LogP contribution in [0.2, 0.25) is 0 Å². The number of rotatable bonds is 5. The lowest BCUT2D eigenvalue weighted by Crippen LogP contribution is -2.32. The van der Waals surface area contributed by atoms with E-state index in [1.807, 2.05) is 24.3 Å². The zero-order valence-corrected chi connectivity index (χ0v) is 21.1. The molecule has 178 valence electrons. The average molecular weight is 484 g/mol. The maximum Gasteiger partial charge on any atom is 0.264 e. The van der Waals surface area contributed by atoms with Crippen LogP contribution in [0, 0.1) is 13.8 Å². The Labute approximate surface area is 207 Å². The highest BCUT2D eigenvalue weighted by Gasteiger charge is 2.38. The second-order valence-electron chi connectivity index (χ2n) is 9.46. The number of fused-ring (bicyclic) bond motifs is 1. The summed E-state index contributed by atoms with van der Waals surface area (Å²) in [5.41, 5.74) is 6.89. The van der Waals surface area contributed by atoms with E-state index in [0.29, 0.717) is 0 Å². The molecule has 1 unspecified atom stereocenters. The normalized spacial score (nSPS) is 17.6. The monoisotopic (exact) mass is 483 g/mol. The molecule has 5 rings (SSSR count). The van der Waals surface area contributed by atoms with Crippen LogP contribution in [0.1, 0.15) is 47.7 Å². The molecule has 3 aromatic carbocycles. The van der Waals surface area contributed by atoms with Gasteiger partial charge in [0.1, 0.15) is 0 Å². The van der Waals surface area contributed by atoms with Gasteiger partial charge in [0.05, 0.1) is 16.3 Å². The van der Waals surface area contributed by atoms with Crippen LogP contribution in [0.5, 0.6) is 0 Å². The predicted octanol–water partition coefficient (Wildman–Crippen LogP) is 6.20. The largest absolute Gasteiger partial charge is 0.264 e. The van der Waals surface area contributed by atoms with Crippen LogP contribution in [-0.2, 0) is 21.9 Å². The number of anilines is 1. The Bertz CT molecular complexity index is 1470. The molecule has 5 nitrogen and oxygen atoms in total. The molecular weight excluding hydrogens is 454 g/mol. The SMILES string of the molecule is Cc1cccc(C)c1-c1nc(NS(=O)(=O)c2ccccc2)nc2c1CCCC2(C)c1ccccc1. The maximum absolute atomic E-state index is 13.2. The van der Waals surface area contributed by atoms with E-state index in [-0.39, 0.29) is 16.3 Å². The van der Waals surface area contributed by atoms with Gasteiger partial charge in [-0.3, -0.25) is 0 Å². The number of benzene rings is 3. The third-order valence-corrected chi connectivity index (χ3v) is 8.39. The van der Waals surface area contributed by atoms with E-state index in [1.165, 1.54) is 5.56 Å². The van der Waals surface area contributed by atoms with Gasteiger partial charge in [0, 0.05) is 16.5 Å². The summed E-state index contributed by atoms with van der Waals surface area (Å²) in [4.78, 5) is 9.93. The van der Waals surface area contributed by atoms with Crippen molar-refractivity contribution >= 4 is 16.0 Å². The molecule has 1 aromatic heterocycles. The highest BCUT2D eigenvalue weighted by atomic mass is 32.2. The van der Waals surface area contributed by atoms with Crippen LogP contribution in [0.3, 0.4) is 0 Å². The van der Waals surface area contributed by atoms with Crippen LogP contribution >= 0.6 is 0 Å². The van der Waals surface area contributed by atoms with E-state index in [4.69, 9.17) is 9.97 Å². The molecule has 0 saturated carbocycles. The number of hydrogen-bond acceptors (Lipinski definition) is 4. The Morgan fingerprint density at radius 3 is 2.11 bits per heavy atom. The number of nitrogens with zero attached hydrogens (tertiary/aromatic N) is 2. The predicted molar refractivity (Wildman–Crippen MR) is 140 cm³/mol. The van der Waals surface area contributed by atoms with Gasteiger partial charge in [0.15, 0.2) is 0 Å². The minimum absolute atomic E-state index is 0.106. The summed E-state index contributed by atoms with van der Waals surface area (Å²) in [7, 11) is -3.84. The molecule has 0 fully saturated rings. The van der Waals surface area contributed by atoms with Crippen LogP contribution in [0.4, 0.5) is 5.95 Å². The third-order valence-electron chi connectivity index (χ3n) is 7.04. The van der Waals surface area contributed by atoms with Gasteiger partial charge in [-0.25, -0.2) is 23.1 Å². The van der Waals surface area contributed by atoms with E-state index in [2.05, 4.69) is 49.8 Å². The Morgan fingerprint density at radius 1 is 0.829 bits per heavy atom. The van der Waals surface area contributed by atoms with E-state index in [1.54, 1.807) is 30.3 Å². The van der Waals surface area contributed by atoms with Gasteiger partial charge in [-0.1, -0.05) is 66.7 Å². The molecule has 4 aromatic rings. The fourth-order valence-corrected chi connectivity index (χ4v) is 6.19. The van der Waals surface area contributed by atoms with Crippen LogP contribution in [0.25, 0.3) is 11.3 Å². The number of sulfonamides is 1. The highest BCUT2D eigenvalue weighted by molar-refractivity contribution is 7.92. The topological polar surface area (TPSA) is 72.0 Å². The average Bonchev–Trinajstić information content (AvgIpc) is 2.85. The van der Waals surface area contributed by atoms with Crippen molar-refractivity contribution in [2.24, 2.45) is 0 Å². The maximum atomic E-state index is 13.2. The summed E-state index contributed by atoms with van der Waals surface area (Å²) in [6.45, 7) is 6.35. The minimum atomic E-state index is -3.84. The van der Waals surface area contributed by atoms with Crippen molar-refractivity contribution < 1.29 is 8.42 Å². The van der Waals surface area contributed by atoms with Gasteiger partial charge in [-0.15, -0.1) is 0 Å². The zero-order chi connectivity index (χ0) is 24.6. The van der Waals surface area contributed by atoms with Crippen LogP contribution in [-0.4, -0.2) is 18.4 Å². The number of aryl methyl sites for hydroxylation is 2. The number of aromatic nitrogens is 2. The lowest BCUT2D eigenvalue weighted by atomic mass is 9.69. The molecule has 6 heteroatoms. The molecule has 35 heavy (non-hydrogen) atoms. The lowest BCUT2D eigenvalue weighted by Gasteiger charge is -2.36. The van der Waals surface area contributed by atoms with Crippen molar-refractivity contribution in [3.05, 3.63) is 107 Å². The second kappa shape index (κ2) is 8.93. The van der Waals surface area contributed by atoms with Crippen LogP contribution < -0.4 is 4.72 Å². The van der Waals surface area contributed by atoms with Gasteiger partial charge in [-0.2, -0.15) is 0 Å². The first-order valence-electron chi connectivity index (χ1n) is 11.9. The van der Waals surface area contributed by atoms with Crippen molar-refractivity contribution in [2.75, 3.05) is 4.72 Å². The molecule has 0 radical (unpaired) electrons. The molecular formula is C29H29N3O2S. The molecule has 1 atom stereocenters. The van der Waals surface area contributed by atoms with E-state index in [9.17, 15) is 8.42 Å². The summed E-state index contributed by atoms with van der Waals surface area (Å²) in [5.74, 6) is 0.106. The van der Waals surface area contributed by atoms with Gasteiger partial charge in [-0.05, 0) is 68.9 Å². The molecule has 0 amide bonds. The first kappa shape index (κ1) is 23.2. The molecule has 0 saturated heterocycles. The van der Waals surface area contributed by atoms with Gasteiger partial charge < -0.3 is 0 Å². The molecule has 0 aliphatic heterocycles. The first-order valence-corrected chi connectivity index (χ1v) is 13.4. The Hall–Kier alpha value is -3.51. The summed E-state index contributed by atoms with van der Waals surface area (Å²) in [6.07, 6.45) is 2.79. The summed E-state index contributed by atoms with van der Waals surface area (Å²) < 4.78 is 29.1. The fourth-order valence-electron chi connectivity index (χ4n) is 5.22. The van der Waals surface area contributed by atoms with Crippen molar-refractivity contribution in [3.8, 4) is 11.3 Å². The fraction of sp³-hybridized carbons (Fsp3) is 0.241. The molecule has 1 N–H and O–H groups in total. The van der Waals surface area contributed by atoms with Gasteiger partial charge in [0.2, 0.25) is 5.95 Å². The molecule has 0 spiro atoms. The van der Waals surface area contributed by atoms with E-state index < -0.39 is 10.0 Å². The molecule has 1 aliphatic carbocycles. The molecule has 1 aliphatic rings. The van der Waals surface area contributed by atoms with E-state index in [0.717, 1.165) is 52.9 Å². The molecule has 1 heterocycles. The van der Waals surface area contributed by atoms with Crippen molar-refractivity contribution in [3.63, 3.8) is 0 Å². The number of nitrogens with one attached hydrogen (secondary N) is 1. The van der Waals surface area contributed by atoms with Crippen molar-refractivity contribution in [1.29, 1.82) is 0 Å². The first-order chi connectivity index (χ1) is 16.8. The van der Waals surface area contributed by atoms with Crippen LogP contribution in [0.15, 0.2) is 83.8 Å². The summed E-state index contributed by atoms with van der Waals surface area (Å²) in [5, 5.41) is 0. The Kier molecular flexibility index (Phi) is 5.93. The zero-order valence-electron chi connectivity index (χ0n) is 20.2. The standard InChI is InChI=1S/C29H29N3O2S/c1-20-12-10-13-21(2)25(20)26-24-18-11-19-29(3,22-14-6-4-7-15-22)27(24)31-28(30-26)32-35(33,34)23-16-8-5-9-17-23/h4-10,12-17H,11,18-19H2,1-3H3,(H,30,31,32). The lowest BCUT2D eigenvalue weighted by molar-refractivity contribution is 0.450.